The summed E-state index contributed by atoms with van der Waals surface area (Å²) in [4.78, 5) is 14.2. The van der Waals surface area contributed by atoms with E-state index in [2.05, 4.69) is 0 Å². The summed E-state index contributed by atoms with van der Waals surface area (Å²) in [5, 5.41) is 0. The first-order valence-electron chi connectivity index (χ1n) is 7.08. The maximum atomic E-state index is 13.7. The van der Waals surface area contributed by atoms with Gasteiger partial charge in [-0.05, 0) is 36.8 Å². The summed E-state index contributed by atoms with van der Waals surface area (Å²) in [6, 6.07) is 4.27. The van der Waals surface area contributed by atoms with Crippen LogP contribution in [0.3, 0.4) is 0 Å². The van der Waals surface area contributed by atoms with E-state index in [1.807, 2.05) is 4.90 Å². The van der Waals surface area contributed by atoms with Crippen molar-refractivity contribution < 1.29 is 13.6 Å². The Hall–Kier alpha value is -1.49. The fourth-order valence-electron chi connectivity index (χ4n) is 3.20. The zero-order chi connectivity index (χ0) is 14.3. The average molecular weight is 280 g/mol. The van der Waals surface area contributed by atoms with E-state index < -0.39 is 11.6 Å². The van der Waals surface area contributed by atoms with E-state index in [0.717, 1.165) is 25.5 Å². The number of halogens is 2. The van der Waals surface area contributed by atoms with Crippen molar-refractivity contribution in [1.82, 2.24) is 4.90 Å². The third-order valence-corrected chi connectivity index (χ3v) is 4.42. The quantitative estimate of drug-likeness (QED) is 0.920. The molecule has 0 aromatic heterocycles. The minimum Gasteiger partial charge on any atom is -0.338 e. The molecule has 1 saturated carbocycles. The van der Waals surface area contributed by atoms with Gasteiger partial charge in [0.25, 0.3) is 0 Å². The molecule has 0 spiro atoms. The molecule has 2 fully saturated rings. The molecule has 0 unspecified atom stereocenters. The number of rotatable bonds is 3. The zero-order valence-electron chi connectivity index (χ0n) is 11.2. The maximum Gasteiger partial charge on any atom is 0.226 e. The lowest BCUT2D eigenvalue weighted by atomic mass is 10.1. The van der Waals surface area contributed by atoms with Crippen LogP contribution in [0, 0.1) is 17.6 Å². The predicted molar refractivity (Wildman–Crippen MR) is 71.0 cm³/mol. The van der Waals surface area contributed by atoms with Crippen LogP contribution >= 0.6 is 0 Å². The van der Waals surface area contributed by atoms with Gasteiger partial charge < -0.3 is 10.6 Å². The molecule has 1 heterocycles. The number of likely N-dealkylation sites (tertiary alicyclic amines) is 1. The Bertz CT molecular complexity index is 535. The molecule has 20 heavy (non-hydrogen) atoms. The van der Waals surface area contributed by atoms with Gasteiger partial charge in [-0.15, -0.1) is 0 Å². The number of hydrogen-bond donors (Lipinski definition) is 1. The van der Waals surface area contributed by atoms with Crippen molar-refractivity contribution in [2.75, 3.05) is 13.1 Å². The lowest BCUT2D eigenvalue weighted by Gasteiger charge is -2.23. The van der Waals surface area contributed by atoms with Gasteiger partial charge in [0.05, 0.1) is 0 Å². The first-order chi connectivity index (χ1) is 9.63. The van der Waals surface area contributed by atoms with E-state index in [0.29, 0.717) is 18.5 Å². The lowest BCUT2D eigenvalue weighted by molar-refractivity contribution is -0.133. The summed E-state index contributed by atoms with van der Waals surface area (Å²) in [7, 11) is 0. The number of carbonyl (C=O) groups is 1. The van der Waals surface area contributed by atoms with E-state index in [1.165, 1.54) is 6.07 Å². The van der Waals surface area contributed by atoms with Crippen LogP contribution in [-0.4, -0.2) is 29.9 Å². The molecule has 0 bridgehead atoms. The second-order valence-corrected chi connectivity index (χ2v) is 5.66. The predicted octanol–water partition coefficient (Wildman–Crippen LogP) is 2.02. The molecule has 3 atom stereocenters. The highest BCUT2D eigenvalue weighted by atomic mass is 19.2. The Labute approximate surface area is 116 Å². The van der Waals surface area contributed by atoms with E-state index in [1.54, 1.807) is 6.07 Å². The van der Waals surface area contributed by atoms with Gasteiger partial charge in [-0.25, -0.2) is 8.78 Å². The minimum absolute atomic E-state index is 0.0478. The van der Waals surface area contributed by atoms with Crippen LogP contribution in [0.15, 0.2) is 18.2 Å². The van der Waals surface area contributed by atoms with Gasteiger partial charge >= 0.3 is 0 Å². The van der Waals surface area contributed by atoms with Gasteiger partial charge in [0.2, 0.25) is 5.91 Å². The smallest absolute Gasteiger partial charge is 0.226 e. The molecular formula is C15H18F2N2O. The molecule has 3 rings (SSSR count). The maximum absolute atomic E-state index is 13.7. The van der Waals surface area contributed by atoms with Crippen LogP contribution in [0.4, 0.5) is 8.78 Å². The van der Waals surface area contributed by atoms with Gasteiger partial charge in [0.1, 0.15) is 0 Å². The summed E-state index contributed by atoms with van der Waals surface area (Å²) < 4.78 is 27.0. The van der Waals surface area contributed by atoms with E-state index >= 15 is 0 Å². The van der Waals surface area contributed by atoms with E-state index in [-0.39, 0.29) is 23.8 Å². The number of nitrogens with zero attached hydrogens (tertiary/aromatic N) is 1. The molecule has 108 valence electrons. The molecule has 1 aliphatic carbocycles. The Morgan fingerprint density at radius 1 is 1.40 bits per heavy atom. The molecular weight excluding hydrogens is 262 g/mol. The van der Waals surface area contributed by atoms with Gasteiger partial charge in [-0.1, -0.05) is 12.1 Å². The fourth-order valence-corrected chi connectivity index (χ4v) is 3.20. The van der Waals surface area contributed by atoms with E-state index in [4.69, 9.17) is 5.73 Å². The topological polar surface area (TPSA) is 46.3 Å². The highest BCUT2D eigenvalue weighted by Crippen LogP contribution is 2.50. The summed E-state index contributed by atoms with van der Waals surface area (Å²) >= 11 is 0. The summed E-state index contributed by atoms with van der Waals surface area (Å²) in [6.07, 6.45) is 2.51. The summed E-state index contributed by atoms with van der Waals surface area (Å²) in [6.45, 7) is 1.20. The largest absolute Gasteiger partial charge is 0.338 e. The molecule has 0 radical (unpaired) electrons. The molecule has 3 nitrogen and oxygen atoms in total. The summed E-state index contributed by atoms with van der Waals surface area (Å²) in [5.74, 6) is -2.01. The number of nitrogens with two attached hydrogens (primary N) is 1. The Morgan fingerprint density at radius 2 is 2.20 bits per heavy atom. The third-order valence-electron chi connectivity index (χ3n) is 4.42. The molecule has 1 aromatic rings. The SMILES string of the molecule is NC[C@@H]1CCCN1C(=O)[C@H]1C[C@@H]1c1cccc(F)c1F. The Balaban J connectivity index is 1.72. The molecule has 2 aliphatic rings. The Kier molecular flexibility index (Phi) is 3.46. The number of amides is 1. The molecule has 2 N–H and O–H groups in total. The van der Waals surface area contributed by atoms with Crippen LogP contribution in [0.2, 0.25) is 0 Å². The van der Waals surface area contributed by atoms with Crippen molar-refractivity contribution in [1.29, 1.82) is 0 Å². The number of benzene rings is 1. The second-order valence-electron chi connectivity index (χ2n) is 5.66. The first kappa shape index (κ1) is 13.5. The first-order valence-corrected chi connectivity index (χ1v) is 7.08. The van der Waals surface area contributed by atoms with E-state index in [9.17, 15) is 13.6 Å². The molecule has 5 heteroatoms. The normalized spacial score (nSPS) is 28.8. The van der Waals surface area contributed by atoms with Crippen molar-refractivity contribution in [2.24, 2.45) is 11.7 Å². The highest BCUT2D eigenvalue weighted by molar-refractivity contribution is 5.83. The minimum atomic E-state index is -0.846. The summed E-state index contributed by atoms with van der Waals surface area (Å²) in [5.41, 5.74) is 5.99. The van der Waals surface area contributed by atoms with Gasteiger partial charge in [0, 0.05) is 25.0 Å². The van der Waals surface area contributed by atoms with Crippen molar-refractivity contribution in [2.45, 2.75) is 31.2 Å². The van der Waals surface area contributed by atoms with Crippen molar-refractivity contribution in [3.05, 3.63) is 35.4 Å². The van der Waals surface area contributed by atoms with Gasteiger partial charge in [-0.3, -0.25) is 4.79 Å². The monoisotopic (exact) mass is 280 g/mol. The van der Waals surface area contributed by atoms with Crippen LogP contribution in [0.5, 0.6) is 0 Å². The third kappa shape index (κ3) is 2.20. The molecule has 1 amide bonds. The van der Waals surface area contributed by atoms with Crippen LogP contribution in [0.1, 0.15) is 30.7 Å². The molecule has 1 saturated heterocycles. The van der Waals surface area contributed by atoms with Crippen LogP contribution in [-0.2, 0) is 4.79 Å². The lowest BCUT2D eigenvalue weighted by Crippen LogP contribution is -2.40. The fraction of sp³-hybridized carbons (Fsp3) is 0.533. The van der Waals surface area contributed by atoms with Crippen molar-refractivity contribution in [3.8, 4) is 0 Å². The van der Waals surface area contributed by atoms with Gasteiger partial charge in [0.15, 0.2) is 11.6 Å². The number of carbonyl (C=O) groups excluding carboxylic acids is 1. The molecule has 1 aliphatic heterocycles. The van der Waals surface area contributed by atoms with Crippen molar-refractivity contribution >= 4 is 5.91 Å². The standard InChI is InChI=1S/C15H18F2N2O/c16-13-5-1-4-10(14(13)17)11-7-12(11)15(20)19-6-2-3-9(19)8-18/h1,4-5,9,11-12H,2-3,6-8,18H2/t9-,11+,12-/m0/s1. The highest BCUT2D eigenvalue weighted by Gasteiger charge is 2.48. The second kappa shape index (κ2) is 5.13. The van der Waals surface area contributed by atoms with Crippen molar-refractivity contribution in [3.63, 3.8) is 0 Å². The number of hydrogen-bond acceptors (Lipinski definition) is 2. The van der Waals surface area contributed by atoms with Crippen LogP contribution < -0.4 is 5.73 Å². The zero-order valence-corrected chi connectivity index (χ0v) is 11.2. The Morgan fingerprint density at radius 3 is 2.95 bits per heavy atom. The average Bonchev–Trinajstić information content (AvgIpc) is 3.09. The van der Waals surface area contributed by atoms with Crippen LogP contribution in [0.25, 0.3) is 0 Å². The van der Waals surface area contributed by atoms with Gasteiger partial charge in [-0.2, -0.15) is 0 Å². The molecule has 1 aromatic carbocycles.